The van der Waals surface area contributed by atoms with Crippen molar-refractivity contribution in [1.29, 1.82) is 0 Å². The number of rotatable bonds is 7. The highest BCUT2D eigenvalue weighted by Crippen LogP contribution is 2.18. The number of nitrogens with two attached hydrogens (primary N) is 1. The highest BCUT2D eigenvalue weighted by atomic mass is 16.5. The summed E-state index contributed by atoms with van der Waals surface area (Å²) < 4.78 is 10.9. The van der Waals surface area contributed by atoms with Crippen LogP contribution in [0.1, 0.15) is 13.3 Å². The molecule has 1 aromatic rings. The Morgan fingerprint density at radius 3 is 2.61 bits per heavy atom. The standard InChI is InChI=1S/C17H27N3O3/c1-14(18)12-17(21)20-8-6-19(7-9-20)10-11-23-16-5-3-4-15(13-16)22-2/h3-5,13-14H,6-12,18H2,1-2H3. The lowest BCUT2D eigenvalue weighted by Gasteiger charge is -2.35. The zero-order valence-corrected chi connectivity index (χ0v) is 14.0. The van der Waals surface area contributed by atoms with E-state index in [0.29, 0.717) is 13.0 Å². The summed E-state index contributed by atoms with van der Waals surface area (Å²) >= 11 is 0. The first-order chi connectivity index (χ1) is 11.1. The molecule has 0 spiro atoms. The predicted octanol–water partition coefficient (Wildman–Crippen LogP) is 0.956. The van der Waals surface area contributed by atoms with Crippen LogP contribution in [0.3, 0.4) is 0 Å². The van der Waals surface area contributed by atoms with Gasteiger partial charge in [-0.25, -0.2) is 0 Å². The Bertz CT molecular complexity index is 500. The van der Waals surface area contributed by atoms with E-state index < -0.39 is 0 Å². The van der Waals surface area contributed by atoms with E-state index in [4.69, 9.17) is 15.2 Å². The van der Waals surface area contributed by atoms with E-state index >= 15 is 0 Å². The minimum absolute atomic E-state index is 0.0724. The molecule has 1 unspecified atom stereocenters. The van der Waals surface area contributed by atoms with Gasteiger partial charge in [0.1, 0.15) is 18.1 Å². The zero-order chi connectivity index (χ0) is 16.7. The molecule has 0 bridgehead atoms. The molecule has 2 N–H and O–H groups in total. The maximum Gasteiger partial charge on any atom is 0.224 e. The van der Waals surface area contributed by atoms with Crippen molar-refractivity contribution >= 4 is 5.91 Å². The number of nitrogens with zero attached hydrogens (tertiary/aromatic N) is 2. The molecule has 0 radical (unpaired) electrons. The van der Waals surface area contributed by atoms with Crippen LogP contribution in [0.15, 0.2) is 24.3 Å². The van der Waals surface area contributed by atoms with Gasteiger partial charge in [0.05, 0.1) is 7.11 Å². The summed E-state index contributed by atoms with van der Waals surface area (Å²) in [7, 11) is 1.64. The van der Waals surface area contributed by atoms with E-state index in [0.717, 1.165) is 44.2 Å². The van der Waals surface area contributed by atoms with Gasteiger partial charge in [0, 0.05) is 51.3 Å². The molecule has 0 aliphatic carbocycles. The van der Waals surface area contributed by atoms with Crippen LogP contribution in [-0.4, -0.2) is 68.2 Å². The van der Waals surface area contributed by atoms with Crippen molar-refractivity contribution in [1.82, 2.24) is 9.80 Å². The third-order valence-corrected chi connectivity index (χ3v) is 3.94. The lowest BCUT2D eigenvalue weighted by molar-refractivity contribution is -0.133. The quantitative estimate of drug-likeness (QED) is 0.810. The first-order valence-corrected chi connectivity index (χ1v) is 8.11. The van der Waals surface area contributed by atoms with Gasteiger partial charge in [-0.05, 0) is 19.1 Å². The SMILES string of the molecule is COc1cccc(OCCN2CCN(C(=O)CC(C)N)CC2)c1. The van der Waals surface area contributed by atoms with Crippen LogP contribution in [0, 0.1) is 0 Å². The molecule has 1 fully saturated rings. The van der Waals surface area contributed by atoms with Crippen molar-refractivity contribution < 1.29 is 14.3 Å². The van der Waals surface area contributed by atoms with E-state index in [2.05, 4.69) is 4.90 Å². The van der Waals surface area contributed by atoms with E-state index in [9.17, 15) is 4.79 Å². The molecule has 1 aliphatic rings. The summed E-state index contributed by atoms with van der Waals surface area (Å²) in [5.74, 6) is 1.77. The maximum absolute atomic E-state index is 12.0. The van der Waals surface area contributed by atoms with Gasteiger partial charge in [-0.15, -0.1) is 0 Å². The highest BCUT2D eigenvalue weighted by Gasteiger charge is 2.21. The van der Waals surface area contributed by atoms with Crippen LogP contribution >= 0.6 is 0 Å². The fourth-order valence-electron chi connectivity index (χ4n) is 2.61. The molecule has 128 valence electrons. The molecule has 23 heavy (non-hydrogen) atoms. The summed E-state index contributed by atoms with van der Waals surface area (Å²) in [6, 6.07) is 7.54. The topological polar surface area (TPSA) is 68.0 Å². The van der Waals surface area contributed by atoms with Gasteiger partial charge in [0.25, 0.3) is 0 Å². The summed E-state index contributed by atoms with van der Waals surface area (Å²) in [4.78, 5) is 16.2. The Labute approximate surface area is 138 Å². The van der Waals surface area contributed by atoms with E-state index in [1.165, 1.54) is 0 Å². The first kappa shape index (κ1) is 17.6. The number of hydrogen-bond acceptors (Lipinski definition) is 5. The fraction of sp³-hybridized carbons (Fsp3) is 0.588. The van der Waals surface area contributed by atoms with Crippen LogP contribution in [0.4, 0.5) is 0 Å². The van der Waals surface area contributed by atoms with Crippen molar-refractivity contribution in [2.24, 2.45) is 5.73 Å². The summed E-state index contributed by atoms with van der Waals surface area (Å²) in [6.45, 7) is 6.64. The lowest BCUT2D eigenvalue weighted by Crippen LogP contribution is -2.50. The van der Waals surface area contributed by atoms with E-state index in [-0.39, 0.29) is 11.9 Å². The van der Waals surface area contributed by atoms with Gasteiger partial charge in [0.15, 0.2) is 0 Å². The van der Waals surface area contributed by atoms with Crippen LogP contribution in [0.25, 0.3) is 0 Å². The van der Waals surface area contributed by atoms with Crippen molar-refractivity contribution in [3.05, 3.63) is 24.3 Å². The molecule has 6 nitrogen and oxygen atoms in total. The number of benzene rings is 1. The number of piperazine rings is 1. The van der Waals surface area contributed by atoms with Gasteiger partial charge < -0.3 is 20.1 Å². The smallest absolute Gasteiger partial charge is 0.224 e. The Kier molecular flexibility index (Phi) is 6.67. The average Bonchev–Trinajstić information content (AvgIpc) is 2.55. The molecule has 1 aromatic carbocycles. The predicted molar refractivity (Wildman–Crippen MR) is 89.8 cm³/mol. The minimum atomic E-state index is -0.0724. The van der Waals surface area contributed by atoms with Gasteiger partial charge >= 0.3 is 0 Å². The maximum atomic E-state index is 12.0. The van der Waals surface area contributed by atoms with Gasteiger partial charge in [-0.3, -0.25) is 9.69 Å². The third-order valence-electron chi connectivity index (χ3n) is 3.94. The third kappa shape index (κ3) is 5.73. The zero-order valence-electron chi connectivity index (χ0n) is 14.0. The molecule has 2 rings (SSSR count). The van der Waals surface area contributed by atoms with Crippen molar-refractivity contribution in [2.45, 2.75) is 19.4 Å². The number of carbonyl (C=O) groups is 1. The second kappa shape index (κ2) is 8.74. The summed E-state index contributed by atoms with van der Waals surface area (Å²) in [5, 5.41) is 0. The number of methoxy groups -OCH3 is 1. The Morgan fingerprint density at radius 2 is 1.96 bits per heavy atom. The average molecular weight is 321 g/mol. The van der Waals surface area contributed by atoms with Gasteiger partial charge in [0.2, 0.25) is 5.91 Å². The van der Waals surface area contributed by atoms with Gasteiger partial charge in [-0.2, -0.15) is 0 Å². The number of amides is 1. The highest BCUT2D eigenvalue weighted by molar-refractivity contribution is 5.76. The largest absolute Gasteiger partial charge is 0.497 e. The molecule has 0 saturated carbocycles. The number of carbonyl (C=O) groups excluding carboxylic acids is 1. The van der Waals surface area contributed by atoms with Crippen molar-refractivity contribution in [2.75, 3.05) is 46.4 Å². The fourth-order valence-corrected chi connectivity index (χ4v) is 2.61. The molecule has 1 aliphatic heterocycles. The van der Waals surface area contributed by atoms with Crippen LogP contribution in [0.5, 0.6) is 11.5 Å². The molecule has 1 saturated heterocycles. The second-order valence-corrected chi connectivity index (χ2v) is 5.93. The lowest BCUT2D eigenvalue weighted by atomic mass is 10.2. The first-order valence-electron chi connectivity index (χ1n) is 8.11. The molecule has 6 heteroatoms. The van der Waals surface area contributed by atoms with Crippen LogP contribution in [-0.2, 0) is 4.79 Å². The number of ether oxygens (including phenoxy) is 2. The van der Waals surface area contributed by atoms with E-state index in [1.54, 1.807) is 7.11 Å². The molecular weight excluding hydrogens is 294 g/mol. The van der Waals surface area contributed by atoms with E-state index in [1.807, 2.05) is 36.1 Å². The Balaban J connectivity index is 1.67. The molecule has 1 atom stereocenters. The van der Waals surface area contributed by atoms with Crippen molar-refractivity contribution in [3.63, 3.8) is 0 Å². The molecule has 1 amide bonds. The molecule has 1 heterocycles. The summed E-state index contributed by atoms with van der Waals surface area (Å²) in [5.41, 5.74) is 5.69. The second-order valence-electron chi connectivity index (χ2n) is 5.93. The monoisotopic (exact) mass is 321 g/mol. The van der Waals surface area contributed by atoms with Gasteiger partial charge in [-0.1, -0.05) is 6.07 Å². The van der Waals surface area contributed by atoms with Crippen molar-refractivity contribution in [3.8, 4) is 11.5 Å². The van der Waals surface area contributed by atoms with Crippen LogP contribution in [0.2, 0.25) is 0 Å². The molecule has 0 aromatic heterocycles. The Morgan fingerprint density at radius 1 is 1.26 bits per heavy atom. The van der Waals surface area contributed by atoms with Crippen LogP contribution < -0.4 is 15.2 Å². The number of hydrogen-bond donors (Lipinski definition) is 1. The molecular formula is C17H27N3O3. The Hall–Kier alpha value is -1.79. The summed E-state index contributed by atoms with van der Waals surface area (Å²) in [6.07, 6.45) is 0.430. The normalized spacial score (nSPS) is 16.9. The minimum Gasteiger partial charge on any atom is -0.497 e.